The molecular formula is C19H16F3N3OS. The van der Waals surface area contributed by atoms with Crippen molar-refractivity contribution in [3.8, 4) is 0 Å². The van der Waals surface area contributed by atoms with Crippen molar-refractivity contribution in [3.05, 3.63) is 53.6 Å². The molecule has 8 heteroatoms. The molecule has 0 atom stereocenters. The van der Waals surface area contributed by atoms with Crippen LogP contribution in [0.15, 0.2) is 42.5 Å². The number of rotatable bonds is 3. The molecule has 1 aromatic heterocycles. The molecule has 3 aromatic rings. The van der Waals surface area contributed by atoms with Gasteiger partial charge >= 0.3 is 6.18 Å². The normalized spacial score (nSPS) is 14.7. The van der Waals surface area contributed by atoms with Gasteiger partial charge in [0, 0.05) is 18.8 Å². The number of hydrogen-bond donors (Lipinski definition) is 1. The SMILES string of the molecule is O=C(Nc1ccc2nc(N3CCCC3)sc2c1)c1ccccc1C(F)(F)F. The lowest BCUT2D eigenvalue weighted by Gasteiger charge is -2.12. The van der Waals surface area contributed by atoms with Crippen LogP contribution in [-0.2, 0) is 6.18 Å². The quantitative estimate of drug-likeness (QED) is 0.670. The number of nitrogens with zero attached hydrogens (tertiary/aromatic N) is 2. The van der Waals surface area contributed by atoms with Crippen molar-refractivity contribution in [1.82, 2.24) is 4.98 Å². The molecule has 4 nitrogen and oxygen atoms in total. The molecule has 0 aliphatic carbocycles. The lowest BCUT2D eigenvalue weighted by molar-refractivity contribution is -0.137. The van der Waals surface area contributed by atoms with Crippen molar-refractivity contribution < 1.29 is 18.0 Å². The Kier molecular flexibility index (Phi) is 4.51. The average Bonchev–Trinajstić information content (AvgIpc) is 3.30. The van der Waals surface area contributed by atoms with E-state index in [1.807, 2.05) is 0 Å². The van der Waals surface area contributed by atoms with Crippen LogP contribution in [0.5, 0.6) is 0 Å². The Hall–Kier alpha value is -2.61. The van der Waals surface area contributed by atoms with Crippen LogP contribution in [0.2, 0.25) is 0 Å². The predicted molar refractivity (Wildman–Crippen MR) is 100 cm³/mol. The van der Waals surface area contributed by atoms with E-state index in [9.17, 15) is 18.0 Å². The zero-order valence-electron chi connectivity index (χ0n) is 14.2. The monoisotopic (exact) mass is 391 g/mol. The first-order valence-corrected chi connectivity index (χ1v) is 9.36. The van der Waals surface area contributed by atoms with E-state index < -0.39 is 23.2 Å². The molecule has 2 heterocycles. The molecule has 0 unspecified atom stereocenters. The van der Waals surface area contributed by atoms with Crippen molar-refractivity contribution in [2.45, 2.75) is 19.0 Å². The Labute approximate surface area is 157 Å². The maximum Gasteiger partial charge on any atom is 0.417 e. The van der Waals surface area contributed by atoms with Gasteiger partial charge in [0.25, 0.3) is 5.91 Å². The summed E-state index contributed by atoms with van der Waals surface area (Å²) in [5, 5.41) is 3.51. The second kappa shape index (κ2) is 6.84. The number of halogens is 3. The second-order valence-corrected chi connectivity index (χ2v) is 7.38. The van der Waals surface area contributed by atoms with Crippen LogP contribution in [0.3, 0.4) is 0 Å². The van der Waals surface area contributed by atoms with Gasteiger partial charge in [-0.2, -0.15) is 13.2 Å². The molecule has 1 aliphatic rings. The molecule has 2 aromatic carbocycles. The van der Waals surface area contributed by atoms with Gasteiger partial charge in [-0.15, -0.1) is 0 Å². The van der Waals surface area contributed by atoms with Gasteiger partial charge in [0.1, 0.15) is 0 Å². The number of hydrogen-bond acceptors (Lipinski definition) is 4. The smallest absolute Gasteiger partial charge is 0.348 e. The van der Waals surface area contributed by atoms with Crippen LogP contribution in [0.1, 0.15) is 28.8 Å². The molecule has 1 amide bonds. The Bertz CT molecular complexity index is 993. The largest absolute Gasteiger partial charge is 0.417 e. The molecule has 1 N–H and O–H groups in total. The van der Waals surface area contributed by atoms with Crippen molar-refractivity contribution in [2.75, 3.05) is 23.3 Å². The molecule has 140 valence electrons. The van der Waals surface area contributed by atoms with Gasteiger partial charge in [0.2, 0.25) is 0 Å². The van der Waals surface area contributed by atoms with Crippen molar-refractivity contribution in [2.24, 2.45) is 0 Å². The molecule has 0 saturated carbocycles. The number of aromatic nitrogens is 1. The van der Waals surface area contributed by atoms with Crippen molar-refractivity contribution in [3.63, 3.8) is 0 Å². The van der Waals surface area contributed by atoms with E-state index in [0.717, 1.165) is 47.3 Å². The highest BCUT2D eigenvalue weighted by Crippen LogP contribution is 2.34. The molecule has 27 heavy (non-hydrogen) atoms. The number of amides is 1. The fourth-order valence-corrected chi connectivity index (χ4v) is 4.22. The fraction of sp³-hybridized carbons (Fsp3) is 0.263. The minimum absolute atomic E-state index is 0.396. The van der Waals surface area contributed by atoms with E-state index in [1.54, 1.807) is 18.2 Å². The number of alkyl halides is 3. The summed E-state index contributed by atoms with van der Waals surface area (Å²) in [6, 6.07) is 9.95. The number of thiazole rings is 1. The summed E-state index contributed by atoms with van der Waals surface area (Å²) in [5.41, 5.74) is -0.0819. The van der Waals surface area contributed by atoms with Crippen LogP contribution in [0.4, 0.5) is 24.0 Å². The highest BCUT2D eigenvalue weighted by atomic mass is 32.1. The van der Waals surface area contributed by atoms with Crippen molar-refractivity contribution in [1.29, 1.82) is 0 Å². The summed E-state index contributed by atoms with van der Waals surface area (Å²) < 4.78 is 40.2. The summed E-state index contributed by atoms with van der Waals surface area (Å²) in [5.74, 6) is -0.786. The Balaban J connectivity index is 1.59. The van der Waals surface area contributed by atoms with Crippen molar-refractivity contribution >= 4 is 38.3 Å². The van der Waals surface area contributed by atoms with E-state index in [4.69, 9.17) is 0 Å². The van der Waals surface area contributed by atoms with E-state index >= 15 is 0 Å². The summed E-state index contributed by atoms with van der Waals surface area (Å²) in [7, 11) is 0. The lowest BCUT2D eigenvalue weighted by atomic mass is 10.1. The van der Waals surface area contributed by atoms with Gasteiger partial charge in [-0.1, -0.05) is 23.5 Å². The zero-order valence-corrected chi connectivity index (χ0v) is 15.0. The molecule has 0 spiro atoms. The molecular weight excluding hydrogens is 375 g/mol. The number of anilines is 2. The molecule has 0 radical (unpaired) electrons. The first kappa shape index (κ1) is 17.8. The van der Waals surface area contributed by atoms with E-state index in [2.05, 4.69) is 15.2 Å². The second-order valence-electron chi connectivity index (χ2n) is 6.37. The number of carbonyl (C=O) groups excluding carboxylic acids is 1. The summed E-state index contributed by atoms with van der Waals surface area (Å²) >= 11 is 1.52. The van der Waals surface area contributed by atoms with Gasteiger partial charge in [-0.25, -0.2) is 4.98 Å². The first-order chi connectivity index (χ1) is 12.9. The zero-order chi connectivity index (χ0) is 19.0. The molecule has 1 saturated heterocycles. The third-order valence-corrected chi connectivity index (χ3v) is 5.57. The standard InChI is InChI=1S/C19H16F3N3OS/c20-19(21,22)14-6-2-1-5-13(14)17(26)23-12-7-8-15-16(11-12)27-18(24-15)25-9-3-4-10-25/h1-2,5-8,11H,3-4,9-10H2,(H,23,26). The highest BCUT2D eigenvalue weighted by molar-refractivity contribution is 7.22. The van der Waals surface area contributed by atoms with Gasteiger partial charge in [-0.3, -0.25) is 4.79 Å². The molecule has 1 fully saturated rings. The van der Waals surface area contributed by atoms with E-state index in [-0.39, 0.29) is 0 Å². The molecule has 4 rings (SSSR count). The maximum atomic E-state index is 13.1. The Morgan fingerprint density at radius 3 is 2.59 bits per heavy atom. The molecule has 1 aliphatic heterocycles. The fourth-order valence-electron chi connectivity index (χ4n) is 3.16. The molecule has 0 bridgehead atoms. The third-order valence-electron chi connectivity index (χ3n) is 4.49. The minimum atomic E-state index is -4.58. The number of fused-ring (bicyclic) bond motifs is 1. The van der Waals surface area contributed by atoms with E-state index in [1.165, 1.54) is 29.5 Å². The Morgan fingerprint density at radius 2 is 1.85 bits per heavy atom. The number of nitrogens with one attached hydrogen (secondary N) is 1. The van der Waals surface area contributed by atoms with Gasteiger partial charge < -0.3 is 10.2 Å². The van der Waals surface area contributed by atoms with Gasteiger partial charge in [0.05, 0.1) is 21.3 Å². The minimum Gasteiger partial charge on any atom is -0.348 e. The van der Waals surface area contributed by atoms with E-state index in [0.29, 0.717) is 5.69 Å². The van der Waals surface area contributed by atoms with Crippen LogP contribution in [0.25, 0.3) is 10.2 Å². The van der Waals surface area contributed by atoms with Crippen LogP contribution in [0, 0.1) is 0 Å². The van der Waals surface area contributed by atoms with Crippen LogP contribution < -0.4 is 10.2 Å². The van der Waals surface area contributed by atoms with Gasteiger partial charge in [-0.05, 0) is 43.2 Å². The number of benzene rings is 2. The predicted octanol–water partition coefficient (Wildman–Crippen LogP) is 5.17. The Morgan fingerprint density at radius 1 is 1.11 bits per heavy atom. The summed E-state index contributed by atoms with van der Waals surface area (Å²) in [6.45, 7) is 1.97. The first-order valence-electron chi connectivity index (χ1n) is 8.55. The summed E-state index contributed by atoms with van der Waals surface area (Å²) in [4.78, 5) is 19.2. The average molecular weight is 391 g/mol. The topological polar surface area (TPSA) is 45.2 Å². The van der Waals surface area contributed by atoms with Crippen LogP contribution in [-0.4, -0.2) is 24.0 Å². The number of carbonyl (C=O) groups is 1. The highest BCUT2D eigenvalue weighted by Gasteiger charge is 2.34. The summed E-state index contributed by atoms with van der Waals surface area (Å²) in [6.07, 6.45) is -2.29. The van der Waals surface area contributed by atoms with Crippen LogP contribution >= 0.6 is 11.3 Å². The third kappa shape index (κ3) is 3.62. The van der Waals surface area contributed by atoms with Gasteiger partial charge in [0.15, 0.2) is 5.13 Å². The lowest BCUT2D eigenvalue weighted by Crippen LogP contribution is -2.18. The maximum absolute atomic E-state index is 13.1.